The number of hydrogen-bond donors (Lipinski definition) is 2. The molecule has 154 valence electrons. The summed E-state index contributed by atoms with van der Waals surface area (Å²) in [5.41, 5.74) is -1.08. The zero-order valence-corrected chi connectivity index (χ0v) is 16.0. The Bertz CT molecular complexity index is 952. The van der Waals surface area contributed by atoms with Crippen LogP contribution in [0.2, 0.25) is 5.02 Å². The van der Waals surface area contributed by atoms with Crippen molar-refractivity contribution in [1.29, 1.82) is 0 Å². The van der Waals surface area contributed by atoms with Crippen LogP contribution in [0.4, 0.5) is 13.2 Å². The minimum atomic E-state index is -1.05. The van der Waals surface area contributed by atoms with Gasteiger partial charge >= 0.3 is 0 Å². The van der Waals surface area contributed by atoms with Crippen LogP contribution in [0.15, 0.2) is 30.5 Å². The Morgan fingerprint density at radius 2 is 1.97 bits per heavy atom. The molecule has 29 heavy (non-hydrogen) atoms. The molecule has 1 fully saturated rings. The van der Waals surface area contributed by atoms with Crippen LogP contribution in [-0.2, 0) is 4.79 Å². The summed E-state index contributed by atoms with van der Waals surface area (Å²) in [4.78, 5) is 27.6. The SMILES string of the molecule is CC1(NC(=O)COc2ccc(Cl)c(F)c2)CC(NC(=O)c2ncc(F)cc2F)C1. The molecule has 6 nitrogen and oxygen atoms in total. The lowest BCUT2D eigenvalue weighted by Gasteiger charge is -2.45. The highest BCUT2D eigenvalue weighted by atomic mass is 35.5. The monoisotopic (exact) mass is 427 g/mol. The van der Waals surface area contributed by atoms with Gasteiger partial charge in [0.1, 0.15) is 17.4 Å². The standard InChI is InChI=1S/C19H17ClF3N3O3/c1-19(26-16(27)9-29-12-2-3-13(20)14(22)5-12)6-11(7-19)25-18(28)17-15(23)4-10(21)8-24-17/h2-5,8,11H,6-7,9H2,1H3,(H,25,28)(H,26,27). The third kappa shape index (κ3) is 5.17. The molecule has 0 saturated heterocycles. The number of carbonyl (C=O) groups is 2. The molecule has 1 heterocycles. The Labute approximate surface area is 169 Å². The number of hydrogen-bond acceptors (Lipinski definition) is 4. The van der Waals surface area contributed by atoms with Crippen LogP contribution in [0.25, 0.3) is 0 Å². The van der Waals surface area contributed by atoms with Gasteiger partial charge in [-0.25, -0.2) is 18.2 Å². The van der Waals surface area contributed by atoms with Crippen molar-refractivity contribution in [3.63, 3.8) is 0 Å². The lowest BCUT2D eigenvalue weighted by Crippen LogP contribution is -2.62. The molecule has 0 spiro atoms. The highest BCUT2D eigenvalue weighted by Gasteiger charge is 2.42. The van der Waals surface area contributed by atoms with Crippen molar-refractivity contribution >= 4 is 23.4 Å². The maximum absolute atomic E-state index is 13.6. The predicted octanol–water partition coefficient (Wildman–Crippen LogP) is 3.00. The van der Waals surface area contributed by atoms with Crippen molar-refractivity contribution in [3.05, 3.63) is 58.6 Å². The molecule has 0 atom stereocenters. The molecule has 1 aliphatic carbocycles. The van der Waals surface area contributed by atoms with Gasteiger partial charge in [-0.1, -0.05) is 11.6 Å². The number of nitrogens with zero attached hydrogens (tertiary/aromatic N) is 1. The Balaban J connectivity index is 1.45. The maximum Gasteiger partial charge on any atom is 0.273 e. The van der Waals surface area contributed by atoms with E-state index in [9.17, 15) is 22.8 Å². The molecule has 2 amide bonds. The minimum absolute atomic E-state index is 0.0485. The fourth-order valence-corrected chi connectivity index (χ4v) is 3.27. The van der Waals surface area contributed by atoms with E-state index in [4.69, 9.17) is 16.3 Å². The Kier molecular flexibility index (Phi) is 5.97. The first kappa shape index (κ1) is 20.9. The Hall–Kier alpha value is -2.81. The second kappa shape index (κ2) is 8.28. The van der Waals surface area contributed by atoms with Gasteiger partial charge in [0.2, 0.25) is 0 Å². The third-order valence-electron chi connectivity index (χ3n) is 4.45. The van der Waals surface area contributed by atoms with Gasteiger partial charge in [0.15, 0.2) is 18.1 Å². The number of aromatic nitrogens is 1. The van der Waals surface area contributed by atoms with Crippen molar-refractivity contribution in [2.75, 3.05) is 6.61 Å². The summed E-state index contributed by atoms with van der Waals surface area (Å²) < 4.78 is 45.1. The van der Waals surface area contributed by atoms with E-state index in [1.54, 1.807) is 6.92 Å². The zero-order valence-electron chi connectivity index (χ0n) is 15.3. The van der Waals surface area contributed by atoms with Gasteiger partial charge in [-0.05, 0) is 31.9 Å². The van der Waals surface area contributed by atoms with E-state index in [1.165, 1.54) is 12.1 Å². The van der Waals surface area contributed by atoms with Gasteiger partial charge in [-0.3, -0.25) is 9.59 Å². The number of carbonyl (C=O) groups excluding carboxylic acids is 2. The summed E-state index contributed by atoms with van der Waals surface area (Å²) >= 11 is 5.58. The molecule has 1 aromatic carbocycles. The van der Waals surface area contributed by atoms with Gasteiger partial charge in [0, 0.05) is 23.7 Å². The second-order valence-corrected chi connectivity index (χ2v) is 7.44. The van der Waals surface area contributed by atoms with Crippen LogP contribution in [0.3, 0.4) is 0 Å². The first-order chi connectivity index (χ1) is 13.6. The fraction of sp³-hybridized carbons (Fsp3) is 0.316. The molecule has 2 aromatic rings. The van der Waals surface area contributed by atoms with Crippen molar-refractivity contribution in [2.45, 2.75) is 31.3 Å². The smallest absolute Gasteiger partial charge is 0.273 e. The average Bonchev–Trinajstić information content (AvgIpc) is 2.61. The highest BCUT2D eigenvalue weighted by molar-refractivity contribution is 6.30. The normalized spacial score (nSPS) is 20.5. The summed E-state index contributed by atoms with van der Waals surface area (Å²) in [6, 6.07) is 4.13. The summed E-state index contributed by atoms with van der Waals surface area (Å²) in [5.74, 6) is -3.58. The minimum Gasteiger partial charge on any atom is -0.484 e. The molecule has 2 N–H and O–H groups in total. The van der Waals surface area contributed by atoms with Crippen molar-refractivity contribution in [2.24, 2.45) is 0 Å². The average molecular weight is 428 g/mol. The first-order valence-electron chi connectivity index (χ1n) is 8.66. The second-order valence-electron chi connectivity index (χ2n) is 7.04. The number of benzene rings is 1. The van der Waals surface area contributed by atoms with Crippen LogP contribution < -0.4 is 15.4 Å². The van der Waals surface area contributed by atoms with E-state index in [0.29, 0.717) is 18.9 Å². The van der Waals surface area contributed by atoms with E-state index in [-0.39, 0.29) is 23.4 Å². The van der Waals surface area contributed by atoms with Crippen LogP contribution in [0, 0.1) is 17.5 Å². The maximum atomic E-state index is 13.6. The Morgan fingerprint density at radius 1 is 1.24 bits per heavy atom. The van der Waals surface area contributed by atoms with Gasteiger partial charge in [0.25, 0.3) is 11.8 Å². The highest BCUT2D eigenvalue weighted by Crippen LogP contribution is 2.32. The number of rotatable bonds is 6. The van der Waals surface area contributed by atoms with Crippen molar-refractivity contribution < 1.29 is 27.5 Å². The van der Waals surface area contributed by atoms with E-state index >= 15 is 0 Å². The topological polar surface area (TPSA) is 80.3 Å². The van der Waals surface area contributed by atoms with Crippen molar-refractivity contribution in [3.8, 4) is 5.75 Å². The lowest BCUT2D eigenvalue weighted by atomic mass is 9.74. The zero-order chi connectivity index (χ0) is 21.2. The Morgan fingerprint density at radius 3 is 2.62 bits per heavy atom. The summed E-state index contributed by atoms with van der Waals surface area (Å²) in [6.07, 6.45) is 1.57. The van der Waals surface area contributed by atoms with Gasteiger partial charge in [-0.2, -0.15) is 0 Å². The van der Waals surface area contributed by atoms with Crippen LogP contribution in [0.1, 0.15) is 30.3 Å². The summed E-state index contributed by atoms with van der Waals surface area (Å²) in [6.45, 7) is 1.46. The molecule has 0 radical (unpaired) electrons. The van der Waals surface area contributed by atoms with Gasteiger partial charge in [-0.15, -0.1) is 0 Å². The van der Waals surface area contributed by atoms with E-state index in [2.05, 4.69) is 15.6 Å². The van der Waals surface area contributed by atoms with Crippen molar-refractivity contribution in [1.82, 2.24) is 15.6 Å². The summed E-state index contributed by atoms with van der Waals surface area (Å²) in [7, 11) is 0. The van der Waals surface area contributed by atoms with E-state index in [1.807, 2.05) is 0 Å². The fourth-order valence-electron chi connectivity index (χ4n) is 3.16. The molecule has 0 aliphatic heterocycles. The number of nitrogens with one attached hydrogen (secondary N) is 2. The molecule has 1 aliphatic rings. The number of ether oxygens (including phenoxy) is 1. The molecule has 1 aromatic heterocycles. The molecule has 0 bridgehead atoms. The molecular formula is C19H17ClF3N3O3. The molecule has 1 saturated carbocycles. The van der Waals surface area contributed by atoms with E-state index in [0.717, 1.165) is 12.3 Å². The largest absolute Gasteiger partial charge is 0.484 e. The molecular weight excluding hydrogens is 411 g/mol. The van der Waals surface area contributed by atoms with Crippen LogP contribution in [0.5, 0.6) is 5.75 Å². The molecule has 10 heteroatoms. The van der Waals surface area contributed by atoms with Crippen LogP contribution >= 0.6 is 11.6 Å². The first-order valence-corrected chi connectivity index (χ1v) is 9.04. The number of pyridine rings is 1. The summed E-state index contributed by atoms with van der Waals surface area (Å²) in [5, 5.41) is 5.32. The number of halogens is 4. The van der Waals surface area contributed by atoms with Crippen LogP contribution in [-0.4, -0.2) is 35.0 Å². The molecule has 0 unspecified atom stereocenters. The van der Waals surface area contributed by atoms with Gasteiger partial charge < -0.3 is 15.4 Å². The molecule has 3 rings (SSSR count). The van der Waals surface area contributed by atoms with Gasteiger partial charge in [0.05, 0.1) is 11.2 Å². The third-order valence-corrected chi connectivity index (χ3v) is 4.76. The van der Waals surface area contributed by atoms with E-state index < -0.39 is 40.5 Å². The quantitative estimate of drug-likeness (QED) is 0.742. The predicted molar refractivity (Wildman–Crippen MR) is 98.1 cm³/mol. The number of amides is 2. The lowest BCUT2D eigenvalue weighted by molar-refractivity contribution is -0.126.